The quantitative estimate of drug-likeness (QED) is 0.504. The molecule has 0 spiro atoms. The van der Waals surface area contributed by atoms with Gasteiger partial charge in [0.2, 0.25) is 5.78 Å². The van der Waals surface area contributed by atoms with Crippen LogP contribution in [0.3, 0.4) is 0 Å². The number of methoxy groups -OCH3 is 2. The third kappa shape index (κ3) is 4.44. The average Bonchev–Trinajstić information content (AvgIpc) is 2.74. The number of nitrogens with zero attached hydrogens (tertiary/aromatic N) is 2. The SMILES string of the molecule is COCCCn1c(-c2cccc(OC)c2)ncc(C(=O)C2=C(O)CCCC2O)c1=O. The van der Waals surface area contributed by atoms with Gasteiger partial charge in [-0.25, -0.2) is 4.98 Å². The lowest BCUT2D eigenvalue weighted by molar-refractivity contribution is 0.0951. The smallest absolute Gasteiger partial charge is 0.265 e. The Morgan fingerprint density at radius 2 is 2.13 bits per heavy atom. The van der Waals surface area contributed by atoms with E-state index in [1.165, 1.54) is 10.8 Å². The molecule has 0 bridgehead atoms. The Bertz CT molecular complexity index is 1010. The van der Waals surface area contributed by atoms with Crippen LogP contribution in [0.2, 0.25) is 0 Å². The molecule has 0 saturated heterocycles. The Kier molecular flexibility index (Phi) is 7.02. The number of aromatic nitrogens is 2. The molecule has 1 aliphatic carbocycles. The van der Waals surface area contributed by atoms with Gasteiger partial charge in [-0.05, 0) is 31.4 Å². The number of aliphatic hydroxyl groups excluding tert-OH is 2. The van der Waals surface area contributed by atoms with E-state index in [0.29, 0.717) is 56.0 Å². The highest BCUT2D eigenvalue weighted by Gasteiger charge is 2.30. The van der Waals surface area contributed by atoms with Gasteiger partial charge in [-0.1, -0.05) is 12.1 Å². The van der Waals surface area contributed by atoms with Crippen molar-refractivity contribution < 1.29 is 24.5 Å². The predicted octanol–water partition coefficient (Wildman–Crippen LogP) is 2.50. The molecule has 30 heavy (non-hydrogen) atoms. The fraction of sp³-hybridized carbons (Fsp3) is 0.409. The minimum absolute atomic E-state index is 0.113. The van der Waals surface area contributed by atoms with E-state index >= 15 is 0 Å². The topological polar surface area (TPSA) is 111 Å². The number of hydrogen-bond donors (Lipinski definition) is 2. The molecule has 2 N–H and O–H groups in total. The second-order valence-electron chi connectivity index (χ2n) is 7.13. The van der Waals surface area contributed by atoms with Crippen molar-refractivity contribution in [2.24, 2.45) is 0 Å². The molecule has 1 unspecified atom stereocenters. The Balaban J connectivity index is 2.09. The van der Waals surface area contributed by atoms with E-state index in [2.05, 4.69) is 4.98 Å². The molecule has 160 valence electrons. The first-order valence-corrected chi connectivity index (χ1v) is 9.86. The zero-order valence-electron chi connectivity index (χ0n) is 17.1. The van der Waals surface area contributed by atoms with Gasteiger partial charge in [0.1, 0.15) is 22.9 Å². The third-order valence-corrected chi connectivity index (χ3v) is 5.13. The summed E-state index contributed by atoms with van der Waals surface area (Å²) < 4.78 is 11.8. The zero-order valence-corrected chi connectivity index (χ0v) is 17.1. The van der Waals surface area contributed by atoms with Crippen LogP contribution in [-0.4, -0.2) is 52.5 Å². The fourth-order valence-electron chi connectivity index (χ4n) is 3.58. The molecule has 0 radical (unpaired) electrons. The molecule has 1 aromatic carbocycles. The van der Waals surface area contributed by atoms with Crippen molar-refractivity contribution in [1.82, 2.24) is 9.55 Å². The number of rotatable bonds is 8. The summed E-state index contributed by atoms with van der Waals surface area (Å²) in [4.78, 5) is 30.6. The zero-order chi connectivity index (χ0) is 21.7. The molecule has 1 heterocycles. The van der Waals surface area contributed by atoms with Crippen LogP contribution in [0.4, 0.5) is 0 Å². The van der Waals surface area contributed by atoms with Crippen LogP contribution in [0.15, 0.2) is 46.6 Å². The maximum Gasteiger partial charge on any atom is 0.265 e. The molecule has 8 nitrogen and oxygen atoms in total. The molecule has 0 saturated carbocycles. The molecule has 3 rings (SSSR count). The molecular weight excluding hydrogens is 388 g/mol. The second-order valence-corrected chi connectivity index (χ2v) is 7.13. The summed E-state index contributed by atoms with van der Waals surface area (Å²) in [6.45, 7) is 0.730. The molecule has 2 aromatic rings. The van der Waals surface area contributed by atoms with E-state index in [4.69, 9.17) is 9.47 Å². The molecule has 1 aromatic heterocycles. The predicted molar refractivity (Wildman–Crippen MR) is 111 cm³/mol. The number of benzene rings is 1. The van der Waals surface area contributed by atoms with Gasteiger partial charge in [0.15, 0.2) is 0 Å². The van der Waals surface area contributed by atoms with Gasteiger partial charge in [-0.2, -0.15) is 0 Å². The van der Waals surface area contributed by atoms with E-state index < -0.39 is 17.4 Å². The van der Waals surface area contributed by atoms with Gasteiger partial charge in [-0.15, -0.1) is 0 Å². The molecule has 0 amide bonds. The van der Waals surface area contributed by atoms with Crippen LogP contribution < -0.4 is 10.3 Å². The fourth-order valence-corrected chi connectivity index (χ4v) is 3.58. The molecule has 0 fully saturated rings. The first-order valence-electron chi connectivity index (χ1n) is 9.86. The van der Waals surface area contributed by atoms with E-state index in [9.17, 15) is 19.8 Å². The van der Waals surface area contributed by atoms with Crippen molar-refractivity contribution in [2.45, 2.75) is 38.3 Å². The normalized spacial score (nSPS) is 16.6. The maximum absolute atomic E-state index is 13.3. The van der Waals surface area contributed by atoms with Gasteiger partial charge in [-0.3, -0.25) is 14.2 Å². The molecule has 8 heteroatoms. The lowest BCUT2D eigenvalue weighted by Crippen LogP contribution is -2.33. The standard InChI is InChI=1S/C22H26N2O6/c1-29-11-5-10-24-21(14-6-3-7-15(12-14)30-2)23-13-16(22(24)28)20(27)19-17(25)8-4-9-18(19)26/h3,6-7,12-13,17,25-26H,4-5,8-11H2,1-2H3. The second kappa shape index (κ2) is 9.69. The number of Topliss-reactive ketones (excluding diaryl/α,β-unsaturated/α-hetero) is 1. The Hall–Kier alpha value is -2.97. The highest BCUT2D eigenvalue weighted by Crippen LogP contribution is 2.26. The van der Waals surface area contributed by atoms with Gasteiger partial charge < -0.3 is 19.7 Å². The van der Waals surface area contributed by atoms with Gasteiger partial charge in [0.05, 0.1) is 18.8 Å². The molecule has 1 atom stereocenters. The van der Waals surface area contributed by atoms with Gasteiger partial charge in [0, 0.05) is 38.4 Å². The Morgan fingerprint density at radius 3 is 2.83 bits per heavy atom. The number of carbonyl (C=O) groups excluding carboxylic acids is 1. The molecule has 1 aliphatic rings. The number of aliphatic hydroxyl groups is 2. The van der Waals surface area contributed by atoms with Crippen molar-refractivity contribution in [3.05, 3.63) is 57.7 Å². The van der Waals surface area contributed by atoms with E-state index in [1.54, 1.807) is 38.5 Å². The summed E-state index contributed by atoms with van der Waals surface area (Å²) in [5, 5.41) is 20.3. The first kappa shape index (κ1) is 21.7. The van der Waals surface area contributed by atoms with Crippen molar-refractivity contribution in [3.63, 3.8) is 0 Å². The van der Waals surface area contributed by atoms with Crippen molar-refractivity contribution in [3.8, 4) is 17.1 Å². The van der Waals surface area contributed by atoms with Crippen LogP contribution in [-0.2, 0) is 11.3 Å². The average molecular weight is 414 g/mol. The van der Waals surface area contributed by atoms with E-state index in [0.717, 1.165) is 0 Å². The van der Waals surface area contributed by atoms with Crippen LogP contribution in [0.1, 0.15) is 36.0 Å². The van der Waals surface area contributed by atoms with Crippen LogP contribution in [0.25, 0.3) is 11.4 Å². The number of ether oxygens (including phenoxy) is 2. The highest BCUT2D eigenvalue weighted by atomic mass is 16.5. The van der Waals surface area contributed by atoms with Crippen LogP contribution >= 0.6 is 0 Å². The van der Waals surface area contributed by atoms with Crippen LogP contribution in [0, 0.1) is 0 Å². The number of carbonyl (C=O) groups is 1. The lowest BCUT2D eigenvalue weighted by Gasteiger charge is -2.21. The van der Waals surface area contributed by atoms with E-state index in [-0.39, 0.29) is 16.9 Å². The van der Waals surface area contributed by atoms with E-state index in [1.807, 2.05) is 0 Å². The minimum atomic E-state index is -1.09. The lowest BCUT2D eigenvalue weighted by atomic mass is 9.90. The molecule has 0 aliphatic heterocycles. The summed E-state index contributed by atoms with van der Waals surface area (Å²) in [6, 6.07) is 7.14. The first-order chi connectivity index (χ1) is 14.5. The highest BCUT2D eigenvalue weighted by molar-refractivity contribution is 6.09. The maximum atomic E-state index is 13.3. The summed E-state index contributed by atoms with van der Waals surface area (Å²) in [6.07, 6.45) is 1.92. The monoisotopic (exact) mass is 414 g/mol. The van der Waals surface area contributed by atoms with Crippen molar-refractivity contribution in [2.75, 3.05) is 20.8 Å². The Morgan fingerprint density at radius 1 is 1.33 bits per heavy atom. The number of ketones is 1. The minimum Gasteiger partial charge on any atom is -0.512 e. The van der Waals surface area contributed by atoms with Crippen molar-refractivity contribution >= 4 is 5.78 Å². The summed E-state index contributed by atoms with van der Waals surface area (Å²) >= 11 is 0. The summed E-state index contributed by atoms with van der Waals surface area (Å²) in [5.41, 5.74) is -0.149. The van der Waals surface area contributed by atoms with Crippen LogP contribution in [0.5, 0.6) is 5.75 Å². The number of hydrogen-bond acceptors (Lipinski definition) is 7. The summed E-state index contributed by atoms with van der Waals surface area (Å²) in [5.74, 6) is 0.163. The molecular formula is C22H26N2O6. The summed E-state index contributed by atoms with van der Waals surface area (Å²) in [7, 11) is 3.12. The van der Waals surface area contributed by atoms with Gasteiger partial charge >= 0.3 is 0 Å². The van der Waals surface area contributed by atoms with Crippen molar-refractivity contribution in [1.29, 1.82) is 0 Å². The number of allylic oxidation sites excluding steroid dienone is 1. The largest absolute Gasteiger partial charge is 0.512 e. The van der Waals surface area contributed by atoms with Gasteiger partial charge in [0.25, 0.3) is 5.56 Å². The Labute approximate surface area is 174 Å². The third-order valence-electron chi connectivity index (χ3n) is 5.13.